The van der Waals surface area contributed by atoms with Gasteiger partial charge < -0.3 is 11.1 Å². The minimum atomic E-state index is 0.265. The maximum Gasteiger partial charge on any atom is 0.153 e. The van der Waals surface area contributed by atoms with E-state index in [0.717, 1.165) is 28.9 Å². The molecule has 0 atom stereocenters. The van der Waals surface area contributed by atoms with E-state index in [1.165, 1.54) is 19.3 Å². The lowest BCUT2D eigenvalue weighted by molar-refractivity contribution is 0.163. The van der Waals surface area contributed by atoms with E-state index < -0.39 is 0 Å². The van der Waals surface area contributed by atoms with Crippen LogP contribution >= 0.6 is 15.9 Å². The molecule has 0 aliphatic heterocycles. The standard InChI is InChI=1S/C12H16BrN5/c13-9-6-17-18-5-4-15-11(10(9)18)16-8-12(7-14)2-1-3-12/h4-6H,1-3,7-8,14H2,(H,15,16). The number of rotatable bonds is 4. The molecule has 0 unspecified atom stereocenters. The van der Waals surface area contributed by atoms with E-state index in [1.54, 1.807) is 12.4 Å². The molecule has 5 nitrogen and oxygen atoms in total. The molecule has 0 radical (unpaired) electrons. The van der Waals surface area contributed by atoms with Crippen molar-refractivity contribution in [1.82, 2.24) is 14.6 Å². The van der Waals surface area contributed by atoms with E-state index in [2.05, 4.69) is 31.3 Å². The van der Waals surface area contributed by atoms with Gasteiger partial charge in [-0.2, -0.15) is 5.10 Å². The van der Waals surface area contributed by atoms with Gasteiger partial charge in [-0.25, -0.2) is 9.50 Å². The molecule has 2 heterocycles. The molecule has 6 heteroatoms. The Morgan fingerprint density at radius 2 is 2.33 bits per heavy atom. The summed E-state index contributed by atoms with van der Waals surface area (Å²) in [6, 6.07) is 0. The Morgan fingerprint density at radius 3 is 3.00 bits per heavy atom. The predicted molar refractivity (Wildman–Crippen MR) is 74.5 cm³/mol. The Kier molecular flexibility index (Phi) is 2.99. The van der Waals surface area contributed by atoms with Gasteiger partial charge in [-0.1, -0.05) is 6.42 Å². The largest absolute Gasteiger partial charge is 0.368 e. The molecule has 0 bridgehead atoms. The highest BCUT2D eigenvalue weighted by molar-refractivity contribution is 9.10. The first kappa shape index (κ1) is 11.9. The number of halogens is 1. The predicted octanol–water partition coefficient (Wildman–Crippen LogP) is 2.03. The van der Waals surface area contributed by atoms with Crippen molar-refractivity contribution >= 4 is 27.3 Å². The van der Waals surface area contributed by atoms with Gasteiger partial charge in [0.1, 0.15) is 5.52 Å². The minimum Gasteiger partial charge on any atom is -0.368 e. The SMILES string of the molecule is NCC1(CNc2nccn3ncc(Br)c23)CCC1. The Hall–Kier alpha value is -1.14. The molecule has 0 saturated heterocycles. The van der Waals surface area contributed by atoms with Crippen molar-refractivity contribution in [3.8, 4) is 0 Å². The molecule has 1 fully saturated rings. The van der Waals surface area contributed by atoms with Gasteiger partial charge in [0.15, 0.2) is 5.82 Å². The van der Waals surface area contributed by atoms with Crippen LogP contribution in [0.1, 0.15) is 19.3 Å². The highest BCUT2D eigenvalue weighted by Gasteiger charge is 2.35. The van der Waals surface area contributed by atoms with Crippen LogP contribution in [0.25, 0.3) is 5.52 Å². The number of nitrogens with two attached hydrogens (primary N) is 1. The van der Waals surface area contributed by atoms with Crippen LogP contribution in [0.3, 0.4) is 0 Å². The minimum absolute atomic E-state index is 0.265. The summed E-state index contributed by atoms with van der Waals surface area (Å²) < 4.78 is 2.77. The summed E-state index contributed by atoms with van der Waals surface area (Å²) in [6.07, 6.45) is 9.08. The molecule has 1 aliphatic rings. The highest BCUT2D eigenvalue weighted by Crippen LogP contribution is 2.40. The first-order valence-electron chi connectivity index (χ1n) is 6.16. The quantitative estimate of drug-likeness (QED) is 0.907. The van der Waals surface area contributed by atoms with Crippen molar-refractivity contribution in [3.63, 3.8) is 0 Å². The summed E-state index contributed by atoms with van der Waals surface area (Å²) in [6.45, 7) is 1.62. The number of aromatic nitrogens is 3. The van der Waals surface area contributed by atoms with Crippen molar-refractivity contribution < 1.29 is 0 Å². The van der Waals surface area contributed by atoms with E-state index in [-0.39, 0.29) is 5.41 Å². The monoisotopic (exact) mass is 309 g/mol. The summed E-state index contributed by atoms with van der Waals surface area (Å²) in [5.74, 6) is 0.863. The van der Waals surface area contributed by atoms with Gasteiger partial charge in [0.2, 0.25) is 0 Å². The number of hydrogen-bond donors (Lipinski definition) is 2. The van der Waals surface area contributed by atoms with Gasteiger partial charge in [-0.3, -0.25) is 0 Å². The van der Waals surface area contributed by atoms with Crippen molar-refractivity contribution in [2.75, 3.05) is 18.4 Å². The molecule has 3 rings (SSSR count). The van der Waals surface area contributed by atoms with E-state index in [0.29, 0.717) is 0 Å². The highest BCUT2D eigenvalue weighted by atomic mass is 79.9. The fourth-order valence-electron chi connectivity index (χ4n) is 2.44. The van der Waals surface area contributed by atoms with Crippen molar-refractivity contribution in [3.05, 3.63) is 23.1 Å². The summed E-state index contributed by atoms with van der Waals surface area (Å²) in [4.78, 5) is 4.39. The third-order valence-electron chi connectivity index (χ3n) is 3.86. The molecule has 2 aromatic heterocycles. The molecule has 96 valence electrons. The summed E-state index contributed by atoms with van der Waals surface area (Å²) in [7, 11) is 0. The third-order valence-corrected chi connectivity index (χ3v) is 4.44. The number of fused-ring (bicyclic) bond motifs is 1. The molecule has 1 aliphatic carbocycles. The average molecular weight is 310 g/mol. The van der Waals surface area contributed by atoms with Crippen LogP contribution in [0.2, 0.25) is 0 Å². The molecule has 0 amide bonds. The van der Waals surface area contributed by atoms with E-state index in [1.807, 2.05) is 10.7 Å². The van der Waals surface area contributed by atoms with Gasteiger partial charge in [-0.05, 0) is 40.7 Å². The Morgan fingerprint density at radius 1 is 1.50 bits per heavy atom. The zero-order valence-electron chi connectivity index (χ0n) is 10.1. The Balaban J connectivity index is 1.84. The second kappa shape index (κ2) is 4.51. The molecular weight excluding hydrogens is 294 g/mol. The smallest absolute Gasteiger partial charge is 0.153 e. The van der Waals surface area contributed by atoms with Gasteiger partial charge >= 0.3 is 0 Å². The summed E-state index contributed by atoms with van der Waals surface area (Å²) >= 11 is 3.50. The fraction of sp³-hybridized carbons (Fsp3) is 0.500. The van der Waals surface area contributed by atoms with Crippen LogP contribution in [0, 0.1) is 5.41 Å². The lowest BCUT2D eigenvalue weighted by Crippen LogP contribution is -2.43. The average Bonchev–Trinajstić information content (AvgIpc) is 2.71. The van der Waals surface area contributed by atoms with Crippen LogP contribution in [0.5, 0.6) is 0 Å². The first-order chi connectivity index (χ1) is 8.74. The summed E-state index contributed by atoms with van der Waals surface area (Å²) in [5.41, 5.74) is 7.11. The maximum absolute atomic E-state index is 5.87. The fourth-order valence-corrected chi connectivity index (χ4v) is 2.90. The summed E-state index contributed by atoms with van der Waals surface area (Å²) in [5, 5.41) is 7.67. The second-order valence-corrected chi connectivity index (χ2v) is 5.83. The van der Waals surface area contributed by atoms with Crippen molar-refractivity contribution in [2.24, 2.45) is 11.1 Å². The van der Waals surface area contributed by atoms with Gasteiger partial charge in [0.25, 0.3) is 0 Å². The third kappa shape index (κ3) is 1.89. The van der Waals surface area contributed by atoms with Crippen LogP contribution in [0.4, 0.5) is 5.82 Å². The first-order valence-corrected chi connectivity index (χ1v) is 6.95. The molecular formula is C12H16BrN5. The van der Waals surface area contributed by atoms with Gasteiger partial charge in [0, 0.05) is 18.9 Å². The van der Waals surface area contributed by atoms with Crippen LogP contribution in [-0.4, -0.2) is 27.7 Å². The molecule has 2 aromatic rings. The molecule has 0 spiro atoms. The van der Waals surface area contributed by atoms with Crippen LogP contribution < -0.4 is 11.1 Å². The molecule has 18 heavy (non-hydrogen) atoms. The normalized spacial score (nSPS) is 17.7. The Bertz CT molecular complexity index is 555. The lowest BCUT2D eigenvalue weighted by Gasteiger charge is -2.41. The Labute approximate surface area is 114 Å². The number of hydrogen-bond acceptors (Lipinski definition) is 4. The molecule has 0 aromatic carbocycles. The van der Waals surface area contributed by atoms with Crippen LogP contribution in [-0.2, 0) is 0 Å². The molecule has 3 N–H and O–H groups in total. The zero-order chi connectivity index (χ0) is 12.6. The van der Waals surface area contributed by atoms with E-state index in [4.69, 9.17) is 5.73 Å². The maximum atomic E-state index is 5.87. The lowest BCUT2D eigenvalue weighted by atomic mass is 9.69. The molecule has 1 saturated carbocycles. The number of anilines is 1. The van der Waals surface area contributed by atoms with Crippen molar-refractivity contribution in [1.29, 1.82) is 0 Å². The number of nitrogens with one attached hydrogen (secondary N) is 1. The van der Waals surface area contributed by atoms with Gasteiger partial charge in [0.05, 0.1) is 10.7 Å². The topological polar surface area (TPSA) is 68.2 Å². The number of nitrogens with zero attached hydrogens (tertiary/aromatic N) is 3. The van der Waals surface area contributed by atoms with Crippen molar-refractivity contribution in [2.45, 2.75) is 19.3 Å². The van der Waals surface area contributed by atoms with E-state index >= 15 is 0 Å². The second-order valence-electron chi connectivity index (χ2n) is 4.97. The van der Waals surface area contributed by atoms with Crippen LogP contribution in [0.15, 0.2) is 23.1 Å². The van der Waals surface area contributed by atoms with Gasteiger partial charge in [-0.15, -0.1) is 0 Å². The zero-order valence-corrected chi connectivity index (χ0v) is 11.7. The van der Waals surface area contributed by atoms with E-state index in [9.17, 15) is 0 Å².